The van der Waals surface area contributed by atoms with Gasteiger partial charge in [0, 0.05) is 16.1 Å². The van der Waals surface area contributed by atoms with Gasteiger partial charge in [-0.3, -0.25) is 0 Å². The van der Waals surface area contributed by atoms with Gasteiger partial charge in [0.2, 0.25) is 0 Å². The van der Waals surface area contributed by atoms with E-state index in [0.29, 0.717) is 6.42 Å². The third-order valence-corrected chi connectivity index (χ3v) is 3.27. The number of rotatable bonds is 4. The molecule has 0 aliphatic heterocycles. The van der Waals surface area contributed by atoms with Crippen LogP contribution in [-0.2, 0) is 0 Å². The minimum absolute atomic E-state index is 0. The second-order valence-electron chi connectivity index (χ2n) is 3.76. The van der Waals surface area contributed by atoms with Crippen LogP contribution in [0.2, 0.25) is 0 Å². The van der Waals surface area contributed by atoms with Gasteiger partial charge in [-0.15, -0.1) is 0 Å². The molecule has 0 fully saturated rings. The first-order valence-electron chi connectivity index (χ1n) is 5.44. The Labute approximate surface area is 152 Å². The first-order chi connectivity index (χ1) is 8.27. The summed E-state index contributed by atoms with van der Waals surface area (Å²) in [6, 6.07) is 20.0. The van der Waals surface area contributed by atoms with E-state index in [9.17, 15) is 0 Å². The van der Waals surface area contributed by atoms with Crippen LogP contribution in [-0.4, -0.2) is 9.73 Å². The summed E-state index contributed by atoms with van der Waals surface area (Å²) < 4.78 is 0. The van der Waals surface area contributed by atoms with Gasteiger partial charge < -0.3 is 0 Å². The Bertz CT molecular complexity index is 471. The van der Waals surface area contributed by atoms with Crippen molar-refractivity contribution in [3.8, 4) is 0 Å². The Morgan fingerprint density at radius 2 is 1.00 bits per heavy atom. The van der Waals surface area contributed by atoms with Crippen molar-refractivity contribution < 1.29 is 41.7 Å². The van der Waals surface area contributed by atoms with Crippen LogP contribution in [0.5, 0.6) is 0 Å². The molecule has 3 heteroatoms. The Morgan fingerprint density at radius 1 is 0.667 bits per heavy atom. The summed E-state index contributed by atoms with van der Waals surface area (Å²) >= 11 is 10.8. The molecule has 84 valence electrons. The second kappa shape index (κ2) is 8.22. The molecule has 0 nitrogen and oxygen atoms in total. The molecule has 0 aliphatic rings. The van der Waals surface area contributed by atoms with Crippen molar-refractivity contribution in [2.24, 2.45) is 0 Å². The molecule has 0 bridgehead atoms. The Morgan fingerprint density at radius 3 is 1.33 bits per heavy atom. The van der Waals surface area contributed by atoms with Gasteiger partial charge in [-0.1, -0.05) is 85.1 Å². The maximum Gasteiger partial charge on any atom is 4.00 e. The second-order valence-corrected chi connectivity index (χ2v) is 4.74. The molecular formula is C15H12CeS2+4. The number of benzene rings is 2. The number of hydrogen-bond acceptors (Lipinski definition) is 2. The van der Waals surface area contributed by atoms with Gasteiger partial charge in [0.1, 0.15) is 0 Å². The molecular weight excluding hydrogens is 384 g/mol. The smallest absolute Gasteiger partial charge is 0.0839 e. The zero-order valence-corrected chi connectivity index (χ0v) is 14.6. The van der Waals surface area contributed by atoms with E-state index in [-0.39, 0.29) is 41.7 Å². The third kappa shape index (κ3) is 4.59. The van der Waals surface area contributed by atoms with E-state index < -0.39 is 0 Å². The van der Waals surface area contributed by atoms with Crippen LogP contribution < -0.4 is 0 Å². The Balaban J connectivity index is 0.00000162. The standard InChI is InChI=1S/C15H12S2.Ce/c16-14(12-7-3-1-4-8-12)11-15(17)13-9-5-2-6-10-13;/h1-10H,11H2;/q;+4. The average molecular weight is 397 g/mol. The van der Waals surface area contributed by atoms with Gasteiger partial charge in [-0.25, -0.2) is 0 Å². The molecule has 0 heterocycles. The molecule has 0 N–H and O–H groups in total. The molecule has 0 saturated heterocycles. The summed E-state index contributed by atoms with van der Waals surface area (Å²) in [7, 11) is 0. The molecule has 2 aromatic carbocycles. The largest absolute Gasteiger partial charge is 4.00 e. The first kappa shape index (κ1) is 16.1. The maximum absolute atomic E-state index is 5.41. The third-order valence-electron chi connectivity index (χ3n) is 2.51. The predicted octanol–water partition coefficient (Wildman–Crippen LogP) is 4.21. The van der Waals surface area contributed by atoms with Crippen LogP contribution in [0.1, 0.15) is 17.5 Å². The maximum atomic E-state index is 5.41. The minimum Gasteiger partial charge on any atom is -0.0839 e. The van der Waals surface area contributed by atoms with E-state index >= 15 is 0 Å². The van der Waals surface area contributed by atoms with Gasteiger partial charge in [-0.2, -0.15) is 0 Å². The predicted molar refractivity (Wildman–Crippen MR) is 80.9 cm³/mol. The molecule has 2 aromatic rings. The van der Waals surface area contributed by atoms with Gasteiger partial charge in [0.15, 0.2) is 0 Å². The van der Waals surface area contributed by atoms with Crippen molar-refractivity contribution in [2.45, 2.75) is 6.42 Å². The molecule has 0 atom stereocenters. The van der Waals surface area contributed by atoms with Gasteiger partial charge in [0.25, 0.3) is 0 Å². The average Bonchev–Trinajstić information content (AvgIpc) is 2.40. The molecule has 0 spiro atoms. The summed E-state index contributed by atoms with van der Waals surface area (Å²) in [6.07, 6.45) is 0.665. The van der Waals surface area contributed by atoms with Crippen LogP contribution in [0.3, 0.4) is 0 Å². The van der Waals surface area contributed by atoms with E-state index in [2.05, 4.69) is 0 Å². The summed E-state index contributed by atoms with van der Waals surface area (Å²) in [6.45, 7) is 0. The van der Waals surface area contributed by atoms with E-state index in [4.69, 9.17) is 24.4 Å². The van der Waals surface area contributed by atoms with Gasteiger partial charge in [-0.05, 0) is 11.1 Å². The minimum atomic E-state index is 0. The molecule has 0 saturated carbocycles. The molecule has 2 rings (SSSR count). The van der Waals surface area contributed by atoms with E-state index in [1.54, 1.807) is 0 Å². The topological polar surface area (TPSA) is 0 Å². The molecule has 0 aromatic heterocycles. The zero-order valence-electron chi connectivity index (χ0n) is 9.80. The fourth-order valence-corrected chi connectivity index (χ4v) is 2.25. The number of hydrogen-bond donors (Lipinski definition) is 0. The van der Waals surface area contributed by atoms with Crippen LogP contribution in [0.25, 0.3) is 0 Å². The fourth-order valence-electron chi connectivity index (χ4n) is 1.60. The van der Waals surface area contributed by atoms with E-state index in [0.717, 1.165) is 20.9 Å². The van der Waals surface area contributed by atoms with Crippen molar-refractivity contribution in [2.75, 3.05) is 0 Å². The van der Waals surface area contributed by atoms with E-state index in [1.165, 1.54) is 0 Å². The van der Waals surface area contributed by atoms with Crippen LogP contribution >= 0.6 is 24.4 Å². The van der Waals surface area contributed by atoms with Crippen molar-refractivity contribution in [3.05, 3.63) is 71.8 Å². The molecule has 0 amide bonds. The first-order valence-corrected chi connectivity index (χ1v) is 6.25. The SMILES string of the molecule is S=C(CC(=S)c1ccccc1)c1ccccc1.[Ce+4]. The summed E-state index contributed by atoms with van der Waals surface area (Å²) in [5.41, 5.74) is 2.17. The quantitative estimate of drug-likeness (QED) is 0.561. The molecule has 0 radical (unpaired) electrons. The fraction of sp³-hybridized carbons (Fsp3) is 0.0667. The van der Waals surface area contributed by atoms with Gasteiger partial charge >= 0.3 is 41.7 Å². The number of thiocarbonyl (C=S) groups is 2. The summed E-state index contributed by atoms with van der Waals surface area (Å²) in [4.78, 5) is 1.80. The molecule has 18 heavy (non-hydrogen) atoms. The van der Waals surface area contributed by atoms with E-state index in [1.807, 2.05) is 60.7 Å². The van der Waals surface area contributed by atoms with Crippen molar-refractivity contribution in [1.82, 2.24) is 0 Å². The normalized spacial score (nSPS) is 9.33. The van der Waals surface area contributed by atoms with Crippen molar-refractivity contribution in [3.63, 3.8) is 0 Å². The Kier molecular flexibility index (Phi) is 7.33. The monoisotopic (exact) mass is 396 g/mol. The van der Waals surface area contributed by atoms with Gasteiger partial charge in [0.05, 0.1) is 0 Å². The summed E-state index contributed by atoms with van der Waals surface area (Å²) in [5, 5.41) is 0. The summed E-state index contributed by atoms with van der Waals surface area (Å²) in [5.74, 6) is 0. The van der Waals surface area contributed by atoms with Crippen molar-refractivity contribution in [1.29, 1.82) is 0 Å². The van der Waals surface area contributed by atoms with Crippen molar-refractivity contribution >= 4 is 34.2 Å². The van der Waals surface area contributed by atoms with Crippen LogP contribution in [0, 0.1) is 41.7 Å². The zero-order chi connectivity index (χ0) is 12.1. The molecule has 0 aliphatic carbocycles. The Hall–Kier alpha value is -0.00338. The van der Waals surface area contributed by atoms with Crippen LogP contribution in [0.4, 0.5) is 0 Å². The van der Waals surface area contributed by atoms with Crippen LogP contribution in [0.15, 0.2) is 60.7 Å². The molecule has 0 unspecified atom stereocenters.